The Morgan fingerprint density at radius 2 is 1.92 bits per heavy atom. The fourth-order valence-corrected chi connectivity index (χ4v) is 3.80. The van der Waals surface area contributed by atoms with Gasteiger partial charge in [0.05, 0.1) is 12.8 Å². The normalized spacial score (nSPS) is 14.3. The largest absolute Gasteiger partial charge is 0.495 e. The Morgan fingerprint density at radius 3 is 2.58 bits per heavy atom. The number of benzene rings is 2. The van der Waals surface area contributed by atoms with Gasteiger partial charge in [0.1, 0.15) is 5.75 Å². The minimum atomic E-state index is -0.112. The molecule has 7 heteroatoms. The van der Waals surface area contributed by atoms with Crippen LogP contribution in [0.5, 0.6) is 5.75 Å². The van der Waals surface area contributed by atoms with Crippen molar-refractivity contribution < 1.29 is 9.53 Å². The summed E-state index contributed by atoms with van der Waals surface area (Å²) in [6.45, 7) is 4.78. The minimum absolute atomic E-state index is 0.112. The Bertz CT molecular complexity index is 807. The SMILES string of the molecule is COc1cc(Br)cc(C)c1NC(=O)N1CCN(c2cccc(Cl)c2)CC1. The lowest BCUT2D eigenvalue weighted by atomic mass is 10.2. The van der Waals surface area contributed by atoms with Gasteiger partial charge in [-0.15, -0.1) is 0 Å². The summed E-state index contributed by atoms with van der Waals surface area (Å²) in [6.07, 6.45) is 0. The lowest BCUT2D eigenvalue weighted by Gasteiger charge is -2.36. The quantitative estimate of drug-likeness (QED) is 0.750. The van der Waals surface area contributed by atoms with E-state index in [4.69, 9.17) is 16.3 Å². The molecule has 0 bridgehead atoms. The van der Waals surface area contributed by atoms with Gasteiger partial charge in [0, 0.05) is 41.4 Å². The maximum absolute atomic E-state index is 12.7. The van der Waals surface area contributed by atoms with E-state index in [1.807, 2.05) is 48.2 Å². The molecule has 138 valence electrons. The first-order chi connectivity index (χ1) is 12.5. The molecule has 0 radical (unpaired) electrons. The van der Waals surface area contributed by atoms with Crippen LogP contribution in [0.15, 0.2) is 40.9 Å². The Kier molecular flexibility index (Phi) is 5.94. The highest BCUT2D eigenvalue weighted by atomic mass is 79.9. The topological polar surface area (TPSA) is 44.8 Å². The highest BCUT2D eigenvalue weighted by molar-refractivity contribution is 9.10. The smallest absolute Gasteiger partial charge is 0.322 e. The third-order valence-corrected chi connectivity index (χ3v) is 5.15. The molecule has 0 saturated carbocycles. The molecular weight excluding hydrogens is 418 g/mol. The van der Waals surface area contributed by atoms with Gasteiger partial charge in [-0.25, -0.2) is 4.79 Å². The summed E-state index contributed by atoms with van der Waals surface area (Å²) >= 11 is 9.52. The van der Waals surface area contributed by atoms with Crippen LogP contribution in [-0.4, -0.2) is 44.2 Å². The van der Waals surface area contributed by atoms with Gasteiger partial charge in [-0.1, -0.05) is 33.6 Å². The summed E-state index contributed by atoms with van der Waals surface area (Å²) in [7, 11) is 1.60. The zero-order valence-electron chi connectivity index (χ0n) is 14.8. The molecule has 3 rings (SSSR count). The van der Waals surface area contributed by atoms with Gasteiger partial charge in [0.25, 0.3) is 0 Å². The molecule has 2 aromatic rings. The number of urea groups is 1. The van der Waals surface area contributed by atoms with Gasteiger partial charge in [-0.2, -0.15) is 0 Å². The van der Waals surface area contributed by atoms with E-state index in [-0.39, 0.29) is 6.03 Å². The van der Waals surface area contributed by atoms with E-state index in [1.165, 1.54) is 0 Å². The average Bonchev–Trinajstić information content (AvgIpc) is 2.63. The van der Waals surface area contributed by atoms with Crippen LogP contribution in [0.2, 0.25) is 5.02 Å². The molecule has 0 unspecified atom stereocenters. The van der Waals surface area contributed by atoms with Crippen molar-refractivity contribution in [3.05, 3.63) is 51.5 Å². The second-order valence-electron chi connectivity index (χ2n) is 6.18. The second-order valence-corrected chi connectivity index (χ2v) is 7.54. The van der Waals surface area contributed by atoms with E-state index in [0.717, 1.165) is 33.8 Å². The Morgan fingerprint density at radius 1 is 1.19 bits per heavy atom. The van der Waals surface area contributed by atoms with Crippen LogP contribution in [-0.2, 0) is 0 Å². The maximum atomic E-state index is 12.7. The highest BCUT2D eigenvalue weighted by Gasteiger charge is 2.23. The van der Waals surface area contributed by atoms with Crippen molar-refractivity contribution in [1.29, 1.82) is 0 Å². The Labute approximate surface area is 167 Å². The number of carbonyl (C=O) groups excluding carboxylic acids is 1. The van der Waals surface area contributed by atoms with Crippen LogP contribution in [0.25, 0.3) is 0 Å². The van der Waals surface area contributed by atoms with Crippen molar-refractivity contribution in [2.75, 3.05) is 43.5 Å². The number of carbonyl (C=O) groups is 1. The number of ether oxygens (including phenoxy) is 1. The lowest BCUT2D eigenvalue weighted by molar-refractivity contribution is 0.208. The number of amides is 2. The number of aryl methyl sites for hydroxylation is 1. The summed E-state index contributed by atoms with van der Waals surface area (Å²) in [6, 6.07) is 11.5. The number of hydrogen-bond donors (Lipinski definition) is 1. The van der Waals surface area contributed by atoms with Crippen molar-refractivity contribution in [3.63, 3.8) is 0 Å². The number of rotatable bonds is 3. The molecule has 5 nitrogen and oxygen atoms in total. The monoisotopic (exact) mass is 437 g/mol. The zero-order chi connectivity index (χ0) is 18.7. The van der Waals surface area contributed by atoms with Crippen LogP contribution in [0.1, 0.15) is 5.56 Å². The lowest BCUT2D eigenvalue weighted by Crippen LogP contribution is -2.50. The Hall–Kier alpha value is -1.92. The van der Waals surface area contributed by atoms with Crippen molar-refractivity contribution in [2.24, 2.45) is 0 Å². The summed E-state index contributed by atoms with van der Waals surface area (Å²) < 4.78 is 6.31. The molecule has 1 aliphatic rings. The van der Waals surface area contributed by atoms with Gasteiger partial charge in [-0.3, -0.25) is 0 Å². The van der Waals surface area contributed by atoms with Crippen LogP contribution in [0, 0.1) is 6.92 Å². The highest BCUT2D eigenvalue weighted by Crippen LogP contribution is 2.32. The fourth-order valence-electron chi connectivity index (χ4n) is 3.06. The van der Waals surface area contributed by atoms with Gasteiger partial charge in [0.2, 0.25) is 0 Å². The van der Waals surface area contributed by atoms with Crippen LogP contribution in [0.4, 0.5) is 16.2 Å². The molecule has 2 amide bonds. The average molecular weight is 439 g/mol. The summed E-state index contributed by atoms with van der Waals surface area (Å²) in [5.41, 5.74) is 2.74. The van der Waals surface area contributed by atoms with Crippen molar-refractivity contribution in [1.82, 2.24) is 4.90 Å². The van der Waals surface area contributed by atoms with Crippen LogP contribution >= 0.6 is 27.5 Å². The van der Waals surface area contributed by atoms with E-state index >= 15 is 0 Å². The van der Waals surface area contributed by atoms with Crippen LogP contribution in [0.3, 0.4) is 0 Å². The summed E-state index contributed by atoms with van der Waals surface area (Å²) in [5, 5.41) is 3.71. The molecule has 26 heavy (non-hydrogen) atoms. The predicted octanol–water partition coefficient (Wildman–Crippen LogP) is 4.77. The molecule has 1 heterocycles. The number of anilines is 2. The van der Waals surface area contributed by atoms with Gasteiger partial charge in [-0.05, 0) is 42.8 Å². The van der Waals surface area contributed by atoms with E-state index in [1.54, 1.807) is 7.11 Å². The molecule has 1 fully saturated rings. The molecule has 0 aliphatic carbocycles. The molecule has 1 N–H and O–H groups in total. The van der Waals surface area contributed by atoms with E-state index in [0.29, 0.717) is 24.5 Å². The summed E-state index contributed by atoms with van der Waals surface area (Å²) in [5.74, 6) is 0.641. The third-order valence-electron chi connectivity index (χ3n) is 4.46. The molecule has 1 saturated heterocycles. The predicted molar refractivity (Wildman–Crippen MR) is 110 cm³/mol. The first kappa shape index (κ1) is 18.9. The van der Waals surface area contributed by atoms with E-state index in [9.17, 15) is 4.79 Å². The molecule has 0 spiro atoms. The molecule has 1 aliphatic heterocycles. The minimum Gasteiger partial charge on any atom is -0.495 e. The number of nitrogens with one attached hydrogen (secondary N) is 1. The number of halogens is 2. The first-order valence-corrected chi connectivity index (χ1v) is 9.55. The van der Waals surface area contributed by atoms with Gasteiger partial charge in [0.15, 0.2) is 0 Å². The van der Waals surface area contributed by atoms with E-state index in [2.05, 4.69) is 26.1 Å². The molecule has 2 aromatic carbocycles. The van der Waals surface area contributed by atoms with Crippen LogP contribution < -0.4 is 15.0 Å². The fraction of sp³-hybridized carbons (Fsp3) is 0.316. The molecular formula is C19H21BrClN3O2. The number of hydrogen-bond acceptors (Lipinski definition) is 3. The number of nitrogens with zero attached hydrogens (tertiary/aromatic N) is 2. The number of methoxy groups -OCH3 is 1. The maximum Gasteiger partial charge on any atom is 0.322 e. The van der Waals surface area contributed by atoms with E-state index < -0.39 is 0 Å². The Balaban J connectivity index is 1.64. The molecule has 0 aromatic heterocycles. The molecule has 0 atom stereocenters. The standard InChI is InChI=1S/C19H21BrClN3O2/c1-13-10-14(20)11-17(26-2)18(13)22-19(25)24-8-6-23(7-9-24)16-5-3-4-15(21)12-16/h3-5,10-12H,6-9H2,1-2H3,(H,22,25). The van der Waals surface area contributed by atoms with Crippen molar-refractivity contribution in [3.8, 4) is 5.75 Å². The van der Waals surface area contributed by atoms with Crippen molar-refractivity contribution in [2.45, 2.75) is 6.92 Å². The van der Waals surface area contributed by atoms with Gasteiger partial charge >= 0.3 is 6.03 Å². The third kappa shape index (κ3) is 4.24. The zero-order valence-corrected chi connectivity index (χ0v) is 17.1. The number of piperazine rings is 1. The van der Waals surface area contributed by atoms with Crippen molar-refractivity contribution >= 4 is 44.9 Å². The second kappa shape index (κ2) is 8.18. The first-order valence-electron chi connectivity index (χ1n) is 8.38. The summed E-state index contributed by atoms with van der Waals surface area (Å²) in [4.78, 5) is 16.7. The van der Waals surface area contributed by atoms with Gasteiger partial charge < -0.3 is 19.9 Å².